The van der Waals surface area contributed by atoms with Crippen molar-refractivity contribution in [1.29, 1.82) is 0 Å². The molecule has 3 rings (SSSR count). The molecule has 0 atom stereocenters. The molecule has 0 unspecified atom stereocenters. The first-order valence-electron chi connectivity index (χ1n) is 8.54. The Morgan fingerprint density at radius 3 is 2.71 bits per heavy atom. The van der Waals surface area contributed by atoms with Gasteiger partial charge in [0, 0.05) is 32.6 Å². The predicted molar refractivity (Wildman–Crippen MR) is 95.9 cm³/mol. The second kappa shape index (κ2) is 8.35. The lowest BCUT2D eigenvalue weighted by Gasteiger charge is -2.21. The Morgan fingerprint density at radius 2 is 1.96 bits per heavy atom. The quantitative estimate of drug-likeness (QED) is 0.836. The normalized spacial score (nSPS) is 16.1. The molecule has 1 fully saturated rings. The van der Waals surface area contributed by atoms with Crippen molar-refractivity contribution < 1.29 is 4.79 Å². The van der Waals surface area contributed by atoms with E-state index in [0.717, 1.165) is 55.6 Å². The molecule has 24 heavy (non-hydrogen) atoms. The number of aromatic nitrogens is 2. The third kappa shape index (κ3) is 4.85. The molecule has 5 nitrogen and oxygen atoms in total. The molecule has 1 saturated heterocycles. The number of nitrogens with zero attached hydrogens (tertiary/aromatic N) is 4. The molecule has 0 spiro atoms. The van der Waals surface area contributed by atoms with E-state index in [1.165, 1.54) is 5.56 Å². The summed E-state index contributed by atoms with van der Waals surface area (Å²) in [6, 6.07) is 10.2. The van der Waals surface area contributed by atoms with Crippen LogP contribution in [0.5, 0.6) is 0 Å². The fraction of sp³-hybridized carbons (Fsp3) is 0.500. The Morgan fingerprint density at radius 1 is 1.12 bits per heavy atom. The average Bonchev–Trinajstić information content (AvgIpc) is 2.86. The summed E-state index contributed by atoms with van der Waals surface area (Å²) in [5, 5.41) is 10.4. The molecular formula is C18H24N4OS. The fourth-order valence-corrected chi connectivity index (χ4v) is 3.78. The van der Waals surface area contributed by atoms with E-state index in [-0.39, 0.29) is 5.91 Å². The van der Waals surface area contributed by atoms with Gasteiger partial charge < -0.3 is 4.90 Å². The van der Waals surface area contributed by atoms with Crippen LogP contribution in [-0.4, -0.2) is 52.1 Å². The highest BCUT2D eigenvalue weighted by Crippen LogP contribution is 2.14. The summed E-state index contributed by atoms with van der Waals surface area (Å²) in [7, 11) is 0. The van der Waals surface area contributed by atoms with E-state index in [2.05, 4.69) is 27.2 Å². The molecule has 0 bridgehead atoms. The van der Waals surface area contributed by atoms with Crippen LogP contribution in [0.3, 0.4) is 0 Å². The number of hydrogen-bond donors (Lipinski definition) is 0. The van der Waals surface area contributed by atoms with E-state index in [0.29, 0.717) is 6.42 Å². The van der Waals surface area contributed by atoms with Gasteiger partial charge in [0.25, 0.3) is 0 Å². The smallest absolute Gasteiger partial charge is 0.222 e. The molecule has 1 aromatic carbocycles. The van der Waals surface area contributed by atoms with E-state index < -0.39 is 0 Å². The molecule has 0 N–H and O–H groups in total. The molecule has 1 aliphatic heterocycles. The third-order valence-electron chi connectivity index (χ3n) is 4.34. The largest absolute Gasteiger partial charge is 0.341 e. The molecule has 1 amide bonds. The minimum absolute atomic E-state index is 0.271. The molecule has 2 heterocycles. The Hall–Kier alpha value is -1.79. The minimum Gasteiger partial charge on any atom is -0.341 e. The monoisotopic (exact) mass is 344 g/mol. The number of amides is 1. The molecule has 6 heteroatoms. The summed E-state index contributed by atoms with van der Waals surface area (Å²) >= 11 is 1.66. The standard InChI is InChI=1S/C18H24N4OS/c1-15-19-20-17(24-15)14-21-10-5-11-22(13-12-21)18(23)9-8-16-6-3-2-4-7-16/h2-4,6-7H,5,8-14H2,1H3. The van der Waals surface area contributed by atoms with Gasteiger partial charge in [0.1, 0.15) is 10.0 Å². The van der Waals surface area contributed by atoms with Crippen LogP contribution in [0.25, 0.3) is 0 Å². The van der Waals surface area contributed by atoms with E-state index >= 15 is 0 Å². The van der Waals surface area contributed by atoms with Gasteiger partial charge in [-0.3, -0.25) is 9.69 Å². The Bertz CT molecular complexity index is 658. The van der Waals surface area contributed by atoms with Crippen LogP contribution in [0.4, 0.5) is 0 Å². The molecule has 0 radical (unpaired) electrons. The second-order valence-electron chi connectivity index (χ2n) is 6.21. The lowest BCUT2D eigenvalue weighted by atomic mass is 10.1. The number of aryl methyl sites for hydroxylation is 2. The van der Waals surface area contributed by atoms with Gasteiger partial charge in [-0.05, 0) is 25.3 Å². The number of hydrogen-bond acceptors (Lipinski definition) is 5. The van der Waals surface area contributed by atoms with Crippen molar-refractivity contribution in [2.24, 2.45) is 0 Å². The number of carbonyl (C=O) groups is 1. The zero-order chi connectivity index (χ0) is 16.8. The van der Waals surface area contributed by atoms with E-state index in [9.17, 15) is 4.79 Å². The average molecular weight is 344 g/mol. The maximum atomic E-state index is 12.5. The van der Waals surface area contributed by atoms with Crippen molar-refractivity contribution in [2.75, 3.05) is 26.2 Å². The lowest BCUT2D eigenvalue weighted by molar-refractivity contribution is -0.131. The van der Waals surface area contributed by atoms with Crippen LogP contribution < -0.4 is 0 Å². The van der Waals surface area contributed by atoms with Gasteiger partial charge in [0.05, 0.1) is 6.54 Å². The predicted octanol–water partition coefficient (Wildman–Crippen LogP) is 2.51. The summed E-state index contributed by atoms with van der Waals surface area (Å²) in [6.07, 6.45) is 2.44. The lowest BCUT2D eigenvalue weighted by Crippen LogP contribution is -2.35. The van der Waals surface area contributed by atoms with Gasteiger partial charge in [-0.25, -0.2) is 0 Å². The third-order valence-corrected chi connectivity index (χ3v) is 5.16. The first-order valence-corrected chi connectivity index (χ1v) is 9.35. The molecule has 0 aliphatic carbocycles. The first kappa shape index (κ1) is 17.0. The van der Waals surface area contributed by atoms with Gasteiger partial charge >= 0.3 is 0 Å². The summed E-state index contributed by atoms with van der Waals surface area (Å²) < 4.78 is 0. The SMILES string of the molecule is Cc1nnc(CN2CCCN(C(=O)CCc3ccccc3)CC2)s1. The Kier molecular flexibility index (Phi) is 5.93. The zero-order valence-corrected chi connectivity index (χ0v) is 15.0. The van der Waals surface area contributed by atoms with Gasteiger partial charge in [-0.1, -0.05) is 30.3 Å². The molecule has 1 aliphatic rings. The van der Waals surface area contributed by atoms with Crippen LogP contribution in [-0.2, 0) is 17.8 Å². The van der Waals surface area contributed by atoms with Gasteiger partial charge in [-0.15, -0.1) is 21.5 Å². The summed E-state index contributed by atoms with van der Waals surface area (Å²) in [5.41, 5.74) is 1.23. The maximum Gasteiger partial charge on any atom is 0.222 e. The van der Waals surface area contributed by atoms with Crippen LogP contribution in [0, 0.1) is 6.92 Å². The number of carbonyl (C=O) groups excluding carboxylic acids is 1. The minimum atomic E-state index is 0.271. The van der Waals surface area contributed by atoms with Gasteiger partial charge in [0.2, 0.25) is 5.91 Å². The fourth-order valence-electron chi connectivity index (χ4n) is 3.03. The maximum absolute atomic E-state index is 12.5. The number of benzene rings is 1. The van der Waals surface area contributed by atoms with E-state index in [4.69, 9.17) is 0 Å². The molecule has 128 valence electrons. The van der Waals surface area contributed by atoms with E-state index in [1.807, 2.05) is 30.0 Å². The summed E-state index contributed by atoms with van der Waals surface area (Å²) in [6.45, 7) is 6.43. The number of rotatable bonds is 5. The van der Waals surface area contributed by atoms with Crippen LogP contribution in [0.1, 0.15) is 28.4 Å². The van der Waals surface area contributed by atoms with Crippen LogP contribution >= 0.6 is 11.3 Å². The molecular weight excluding hydrogens is 320 g/mol. The highest BCUT2D eigenvalue weighted by molar-refractivity contribution is 7.11. The molecule has 1 aromatic heterocycles. The van der Waals surface area contributed by atoms with Crippen molar-refractivity contribution in [3.63, 3.8) is 0 Å². The highest BCUT2D eigenvalue weighted by atomic mass is 32.1. The molecule has 2 aromatic rings. The van der Waals surface area contributed by atoms with E-state index in [1.54, 1.807) is 11.3 Å². The topological polar surface area (TPSA) is 49.3 Å². The van der Waals surface area contributed by atoms with Gasteiger partial charge in [0.15, 0.2) is 0 Å². The highest BCUT2D eigenvalue weighted by Gasteiger charge is 2.19. The van der Waals surface area contributed by atoms with Crippen molar-refractivity contribution in [2.45, 2.75) is 32.7 Å². The van der Waals surface area contributed by atoms with Crippen LogP contribution in [0.2, 0.25) is 0 Å². The molecule has 0 saturated carbocycles. The van der Waals surface area contributed by atoms with Crippen LogP contribution in [0.15, 0.2) is 30.3 Å². The second-order valence-corrected chi connectivity index (χ2v) is 7.48. The first-order chi connectivity index (χ1) is 11.7. The Balaban J connectivity index is 1.46. The zero-order valence-electron chi connectivity index (χ0n) is 14.1. The Labute approximate surface area is 147 Å². The summed E-state index contributed by atoms with van der Waals surface area (Å²) in [4.78, 5) is 16.9. The van der Waals surface area contributed by atoms with Crippen molar-refractivity contribution in [3.8, 4) is 0 Å². The van der Waals surface area contributed by atoms with Crippen molar-refractivity contribution >= 4 is 17.2 Å². The van der Waals surface area contributed by atoms with Gasteiger partial charge in [-0.2, -0.15) is 0 Å². The summed E-state index contributed by atoms with van der Waals surface area (Å²) in [5.74, 6) is 0.271. The van der Waals surface area contributed by atoms with Crippen molar-refractivity contribution in [3.05, 3.63) is 45.9 Å². The van der Waals surface area contributed by atoms with Crippen molar-refractivity contribution in [1.82, 2.24) is 20.0 Å².